The van der Waals surface area contributed by atoms with Gasteiger partial charge in [-0.05, 0) is 43.3 Å². The number of carbonyl (C=O) groups excluding carboxylic acids is 1. The molecule has 0 aromatic carbocycles. The molecule has 0 saturated heterocycles. The van der Waals surface area contributed by atoms with Gasteiger partial charge in [-0.3, -0.25) is 4.79 Å². The Morgan fingerprint density at radius 3 is 1.92 bits per heavy atom. The van der Waals surface area contributed by atoms with Crippen molar-refractivity contribution in [2.75, 3.05) is 6.54 Å². The van der Waals surface area contributed by atoms with E-state index in [4.69, 9.17) is 0 Å². The molecule has 0 saturated carbocycles. The van der Waals surface area contributed by atoms with Crippen molar-refractivity contribution in [2.24, 2.45) is 0 Å². The molecule has 0 bridgehead atoms. The molecule has 0 fully saturated rings. The molecule has 0 atom stereocenters. The average molecular weight is 350 g/mol. The molecule has 0 aliphatic carbocycles. The molecule has 2 nitrogen and oxygen atoms in total. The molecular weight excluding hydrogens is 306 g/mol. The van der Waals surface area contributed by atoms with Crippen molar-refractivity contribution in [3.63, 3.8) is 0 Å². The highest BCUT2D eigenvalue weighted by atomic mass is 16.1. The number of hydrogen-bond donors (Lipinski definition) is 1. The van der Waals surface area contributed by atoms with E-state index in [9.17, 15) is 4.79 Å². The predicted molar refractivity (Wildman–Crippen MR) is 112 cm³/mol. The number of carbonyl (C=O) groups is 1. The molecule has 0 rings (SSSR count). The lowest BCUT2D eigenvalue weighted by atomic mass is 9.89. The van der Waals surface area contributed by atoms with Crippen molar-refractivity contribution in [3.8, 4) is 0 Å². The molecule has 146 valence electrons. The summed E-state index contributed by atoms with van der Waals surface area (Å²) in [5.74, 6) is 0.181. The molecule has 1 amide bonds. The summed E-state index contributed by atoms with van der Waals surface area (Å²) in [6.07, 6.45) is 15.7. The van der Waals surface area contributed by atoms with Crippen LogP contribution in [0.5, 0.6) is 0 Å². The molecule has 0 aromatic rings. The number of rotatable bonds is 15. The first-order chi connectivity index (χ1) is 12.2. The summed E-state index contributed by atoms with van der Waals surface area (Å²) in [4.78, 5) is 12.9. The number of allylic oxidation sites excluding steroid dienone is 3. The van der Waals surface area contributed by atoms with E-state index in [0.29, 0.717) is 0 Å². The van der Waals surface area contributed by atoms with Crippen molar-refractivity contribution < 1.29 is 4.79 Å². The molecule has 0 aliphatic heterocycles. The summed E-state index contributed by atoms with van der Waals surface area (Å²) in [5, 5.41) is 3.19. The minimum atomic E-state index is 0.181. The fourth-order valence-electron chi connectivity index (χ4n) is 3.23. The van der Waals surface area contributed by atoms with Crippen LogP contribution in [-0.2, 0) is 4.79 Å². The molecular formula is C23H43NO. The van der Waals surface area contributed by atoms with E-state index in [1.165, 1.54) is 36.8 Å². The SMILES string of the molecule is CCC/C=C(CCC)/C(CCC)=C(/CCC)C(=O)NCCCCCC. The molecule has 0 radical (unpaired) electrons. The quantitative estimate of drug-likeness (QED) is 0.190. The highest BCUT2D eigenvalue weighted by molar-refractivity contribution is 5.95. The van der Waals surface area contributed by atoms with E-state index in [-0.39, 0.29) is 5.91 Å². The zero-order valence-electron chi connectivity index (χ0n) is 17.7. The van der Waals surface area contributed by atoms with Gasteiger partial charge in [0.25, 0.3) is 0 Å². The van der Waals surface area contributed by atoms with Crippen LogP contribution in [0.2, 0.25) is 0 Å². The molecule has 0 heterocycles. The van der Waals surface area contributed by atoms with Gasteiger partial charge in [0.05, 0.1) is 0 Å². The van der Waals surface area contributed by atoms with Gasteiger partial charge in [-0.25, -0.2) is 0 Å². The second-order valence-corrected chi connectivity index (χ2v) is 7.04. The Kier molecular flexibility index (Phi) is 15.7. The summed E-state index contributed by atoms with van der Waals surface area (Å²) >= 11 is 0. The number of nitrogens with one attached hydrogen (secondary N) is 1. The van der Waals surface area contributed by atoms with Gasteiger partial charge in [-0.1, -0.05) is 85.6 Å². The molecule has 0 aromatic heterocycles. The van der Waals surface area contributed by atoms with Gasteiger partial charge in [-0.15, -0.1) is 0 Å². The van der Waals surface area contributed by atoms with Crippen molar-refractivity contribution in [3.05, 3.63) is 22.8 Å². The van der Waals surface area contributed by atoms with E-state index in [1.807, 2.05) is 0 Å². The summed E-state index contributed by atoms with van der Waals surface area (Å²) in [6, 6.07) is 0. The third kappa shape index (κ3) is 10.5. The second kappa shape index (κ2) is 16.4. The normalized spacial score (nSPS) is 12.9. The van der Waals surface area contributed by atoms with Crippen LogP contribution in [0.4, 0.5) is 0 Å². The molecule has 0 unspecified atom stereocenters. The summed E-state index contributed by atoms with van der Waals surface area (Å²) in [5.41, 5.74) is 3.82. The van der Waals surface area contributed by atoms with E-state index in [1.54, 1.807) is 0 Å². The van der Waals surface area contributed by atoms with Crippen LogP contribution in [0.25, 0.3) is 0 Å². The number of unbranched alkanes of at least 4 members (excludes halogenated alkanes) is 4. The second-order valence-electron chi connectivity index (χ2n) is 7.04. The first-order valence-corrected chi connectivity index (χ1v) is 10.9. The summed E-state index contributed by atoms with van der Waals surface area (Å²) in [6.45, 7) is 11.9. The zero-order valence-corrected chi connectivity index (χ0v) is 17.7. The lowest BCUT2D eigenvalue weighted by Crippen LogP contribution is -2.27. The van der Waals surface area contributed by atoms with Crippen molar-refractivity contribution in [1.29, 1.82) is 0 Å². The Morgan fingerprint density at radius 2 is 1.36 bits per heavy atom. The van der Waals surface area contributed by atoms with Crippen molar-refractivity contribution in [1.82, 2.24) is 5.32 Å². The molecule has 1 N–H and O–H groups in total. The smallest absolute Gasteiger partial charge is 0.247 e. The minimum Gasteiger partial charge on any atom is -0.352 e. The van der Waals surface area contributed by atoms with Gasteiger partial charge in [0, 0.05) is 12.1 Å². The summed E-state index contributed by atoms with van der Waals surface area (Å²) < 4.78 is 0. The fraction of sp³-hybridized carbons (Fsp3) is 0.783. The van der Waals surface area contributed by atoms with Gasteiger partial charge in [0.2, 0.25) is 5.91 Å². The Bertz CT molecular complexity index is 406. The lowest BCUT2D eigenvalue weighted by molar-refractivity contribution is -0.117. The Balaban J connectivity index is 5.34. The molecule has 25 heavy (non-hydrogen) atoms. The molecule has 2 heteroatoms. The van der Waals surface area contributed by atoms with Crippen LogP contribution in [0.15, 0.2) is 22.8 Å². The van der Waals surface area contributed by atoms with E-state index in [0.717, 1.165) is 63.5 Å². The van der Waals surface area contributed by atoms with Crippen LogP contribution in [0.1, 0.15) is 112 Å². The van der Waals surface area contributed by atoms with Crippen LogP contribution in [0.3, 0.4) is 0 Å². The Hall–Kier alpha value is -1.05. The van der Waals surface area contributed by atoms with E-state index < -0.39 is 0 Å². The van der Waals surface area contributed by atoms with Crippen molar-refractivity contribution >= 4 is 5.91 Å². The maximum Gasteiger partial charge on any atom is 0.247 e. The number of hydrogen-bond acceptors (Lipinski definition) is 1. The number of amides is 1. The average Bonchev–Trinajstić information content (AvgIpc) is 2.61. The van der Waals surface area contributed by atoms with Crippen LogP contribution < -0.4 is 5.32 Å². The zero-order chi connectivity index (χ0) is 18.9. The third-order valence-corrected chi connectivity index (χ3v) is 4.54. The lowest BCUT2D eigenvalue weighted by Gasteiger charge is -2.18. The predicted octanol–water partition coefficient (Wildman–Crippen LogP) is 7.11. The first kappa shape index (κ1) is 23.9. The topological polar surface area (TPSA) is 29.1 Å². The molecule has 0 spiro atoms. The van der Waals surface area contributed by atoms with Crippen LogP contribution in [0, 0.1) is 0 Å². The highest BCUT2D eigenvalue weighted by Crippen LogP contribution is 2.27. The fourth-order valence-corrected chi connectivity index (χ4v) is 3.23. The van der Waals surface area contributed by atoms with Crippen LogP contribution >= 0.6 is 0 Å². The van der Waals surface area contributed by atoms with Gasteiger partial charge in [0.15, 0.2) is 0 Å². The third-order valence-electron chi connectivity index (χ3n) is 4.54. The standard InChI is InChI=1S/C23H43NO/c1-6-11-13-14-19-24-23(25)22(17-10-5)21(16-9-4)20(15-8-3)18-12-7-2/h18H,6-17,19H2,1-5H3,(H,24,25)/b20-18+,22-21-. The molecule has 0 aliphatic rings. The first-order valence-electron chi connectivity index (χ1n) is 10.9. The van der Waals surface area contributed by atoms with Crippen LogP contribution in [-0.4, -0.2) is 12.5 Å². The minimum absolute atomic E-state index is 0.181. The monoisotopic (exact) mass is 349 g/mol. The van der Waals surface area contributed by atoms with E-state index in [2.05, 4.69) is 46.0 Å². The van der Waals surface area contributed by atoms with Gasteiger partial charge >= 0.3 is 0 Å². The Labute approximate surface area is 157 Å². The largest absolute Gasteiger partial charge is 0.352 e. The van der Waals surface area contributed by atoms with Crippen molar-refractivity contribution in [2.45, 2.75) is 112 Å². The Morgan fingerprint density at radius 1 is 0.720 bits per heavy atom. The van der Waals surface area contributed by atoms with Gasteiger partial charge in [-0.2, -0.15) is 0 Å². The summed E-state index contributed by atoms with van der Waals surface area (Å²) in [7, 11) is 0. The van der Waals surface area contributed by atoms with Gasteiger partial charge < -0.3 is 5.32 Å². The maximum absolute atomic E-state index is 12.9. The highest BCUT2D eigenvalue weighted by Gasteiger charge is 2.16. The maximum atomic E-state index is 12.9. The van der Waals surface area contributed by atoms with Gasteiger partial charge in [0.1, 0.15) is 0 Å². The van der Waals surface area contributed by atoms with E-state index >= 15 is 0 Å².